The number of benzene rings is 2. The molecular weight excluding hydrogens is 368 g/mol. The maximum atomic E-state index is 12.7. The smallest absolute Gasteiger partial charge is 0.349 e. The summed E-state index contributed by atoms with van der Waals surface area (Å²) in [5.74, 6) is -0.150. The molecule has 0 unspecified atom stereocenters. The van der Waals surface area contributed by atoms with Crippen LogP contribution in [0.5, 0.6) is 5.75 Å². The summed E-state index contributed by atoms with van der Waals surface area (Å²) in [5.41, 5.74) is 8.31. The van der Waals surface area contributed by atoms with Crippen molar-refractivity contribution in [3.8, 4) is 16.9 Å². The van der Waals surface area contributed by atoms with Gasteiger partial charge in [0.15, 0.2) is 0 Å². The molecule has 152 valence electrons. The van der Waals surface area contributed by atoms with Crippen LogP contribution >= 0.6 is 0 Å². The van der Waals surface area contributed by atoms with Crippen molar-refractivity contribution in [2.24, 2.45) is 5.73 Å². The van der Waals surface area contributed by atoms with E-state index in [-0.39, 0.29) is 5.56 Å². The van der Waals surface area contributed by atoms with Crippen LogP contribution in [0.3, 0.4) is 0 Å². The number of nitrogens with two attached hydrogens (primary N) is 1. The highest BCUT2D eigenvalue weighted by molar-refractivity contribution is 6.08. The Kier molecular flexibility index (Phi) is 6.03. The monoisotopic (exact) mass is 394 g/mol. The highest BCUT2D eigenvalue weighted by Gasteiger charge is 2.23. The van der Waals surface area contributed by atoms with Crippen LogP contribution in [0.2, 0.25) is 0 Å². The van der Waals surface area contributed by atoms with E-state index in [1.54, 1.807) is 7.11 Å². The lowest BCUT2D eigenvalue weighted by molar-refractivity contribution is 0.0997. The van der Waals surface area contributed by atoms with E-state index in [2.05, 4.69) is 4.90 Å². The Balaban J connectivity index is 2.34. The molecule has 2 N–H and O–H groups in total. The summed E-state index contributed by atoms with van der Waals surface area (Å²) in [6.07, 6.45) is 1.53. The fourth-order valence-electron chi connectivity index (χ4n) is 3.65. The van der Waals surface area contributed by atoms with Crippen molar-refractivity contribution in [2.75, 3.05) is 21.2 Å². The molecule has 0 atom stereocenters. The first-order valence-electron chi connectivity index (χ1n) is 9.57. The number of carbonyl (C=O) groups excluding carboxylic acids is 1. The van der Waals surface area contributed by atoms with E-state index < -0.39 is 11.5 Å². The van der Waals surface area contributed by atoms with Crippen LogP contribution in [-0.2, 0) is 13.0 Å². The van der Waals surface area contributed by atoms with Gasteiger partial charge in [0.2, 0.25) is 0 Å². The Labute approximate surface area is 169 Å². The van der Waals surface area contributed by atoms with Gasteiger partial charge in [-0.3, -0.25) is 4.79 Å². The predicted molar refractivity (Wildman–Crippen MR) is 114 cm³/mol. The zero-order valence-corrected chi connectivity index (χ0v) is 17.2. The number of methoxy groups -OCH3 is 1. The third-order valence-corrected chi connectivity index (χ3v) is 4.84. The molecule has 0 saturated carbocycles. The number of nitrogens with zero attached hydrogens (tertiary/aromatic N) is 1. The van der Waals surface area contributed by atoms with E-state index in [0.717, 1.165) is 29.7 Å². The van der Waals surface area contributed by atoms with Gasteiger partial charge in [-0.05, 0) is 43.8 Å². The Morgan fingerprint density at radius 1 is 1.14 bits per heavy atom. The zero-order chi connectivity index (χ0) is 21.1. The highest BCUT2D eigenvalue weighted by Crippen LogP contribution is 2.36. The molecule has 0 bridgehead atoms. The number of carbonyl (C=O) groups is 1. The van der Waals surface area contributed by atoms with Crippen LogP contribution in [0.15, 0.2) is 45.6 Å². The van der Waals surface area contributed by atoms with Crippen LogP contribution in [0.4, 0.5) is 0 Å². The van der Waals surface area contributed by atoms with Gasteiger partial charge in [0.1, 0.15) is 16.9 Å². The minimum Gasteiger partial charge on any atom is -0.496 e. The topological polar surface area (TPSA) is 85.8 Å². The molecule has 0 aliphatic rings. The molecule has 0 saturated heterocycles. The summed E-state index contributed by atoms with van der Waals surface area (Å²) < 4.78 is 11.0. The lowest BCUT2D eigenvalue weighted by Crippen LogP contribution is -2.23. The standard InChI is InChI=1S/C23H26N2O4/c1-5-6-16-18(28-4)12-11-17-19(20(22(24)26)23(27)29-21(16)17)15-9-7-14(8-10-15)13-25(2)3/h7-12H,5-6,13H2,1-4H3,(H2,24,26). The maximum Gasteiger partial charge on any atom is 0.349 e. The van der Waals surface area contributed by atoms with Gasteiger partial charge < -0.3 is 19.8 Å². The van der Waals surface area contributed by atoms with Gasteiger partial charge in [-0.1, -0.05) is 37.6 Å². The summed E-state index contributed by atoms with van der Waals surface area (Å²) in [4.78, 5) is 26.9. The van der Waals surface area contributed by atoms with E-state index in [9.17, 15) is 9.59 Å². The van der Waals surface area contributed by atoms with Crippen molar-refractivity contribution < 1.29 is 13.9 Å². The Morgan fingerprint density at radius 2 is 1.83 bits per heavy atom. The Hall–Kier alpha value is -3.12. The van der Waals surface area contributed by atoms with E-state index in [0.29, 0.717) is 28.7 Å². The molecule has 3 aromatic rings. The van der Waals surface area contributed by atoms with Crippen molar-refractivity contribution in [2.45, 2.75) is 26.3 Å². The number of rotatable bonds is 7. The largest absolute Gasteiger partial charge is 0.496 e. The molecule has 0 spiro atoms. The quantitative estimate of drug-likeness (QED) is 0.619. The Morgan fingerprint density at radius 3 is 2.38 bits per heavy atom. The molecule has 3 rings (SSSR count). The minimum absolute atomic E-state index is 0.134. The zero-order valence-electron chi connectivity index (χ0n) is 17.2. The van der Waals surface area contributed by atoms with E-state index in [1.807, 2.05) is 57.4 Å². The van der Waals surface area contributed by atoms with Crippen LogP contribution < -0.4 is 16.1 Å². The molecule has 1 aromatic heterocycles. The Bertz CT molecular complexity index is 1100. The third kappa shape index (κ3) is 4.03. The van der Waals surface area contributed by atoms with Crippen LogP contribution in [0.1, 0.15) is 34.8 Å². The van der Waals surface area contributed by atoms with Gasteiger partial charge in [-0.25, -0.2) is 4.79 Å². The lowest BCUT2D eigenvalue weighted by atomic mass is 9.93. The van der Waals surface area contributed by atoms with Crippen LogP contribution in [-0.4, -0.2) is 32.0 Å². The molecule has 0 aliphatic carbocycles. The van der Waals surface area contributed by atoms with E-state index >= 15 is 0 Å². The number of hydrogen-bond donors (Lipinski definition) is 1. The van der Waals surface area contributed by atoms with Crippen molar-refractivity contribution in [3.63, 3.8) is 0 Å². The molecule has 1 amide bonds. The summed E-state index contributed by atoms with van der Waals surface area (Å²) in [5, 5.41) is 0.669. The first-order valence-corrected chi connectivity index (χ1v) is 9.57. The summed E-state index contributed by atoms with van der Waals surface area (Å²) in [7, 11) is 5.58. The van der Waals surface area contributed by atoms with Gasteiger partial charge in [0, 0.05) is 23.1 Å². The molecule has 2 aromatic carbocycles. The summed E-state index contributed by atoms with van der Waals surface area (Å²) in [6.45, 7) is 2.83. The lowest BCUT2D eigenvalue weighted by Gasteiger charge is -2.15. The molecule has 6 heteroatoms. The van der Waals surface area contributed by atoms with E-state index in [4.69, 9.17) is 14.9 Å². The fourth-order valence-corrected chi connectivity index (χ4v) is 3.65. The number of hydrogen-bond acceptors (Lipinski definition) is 5. The number of primary amides is 1. The van der Waals surface area contributed by atoms with Gasteiger partial charge in [0.25, 0.3) is 5.91 Å². The summed E-state index contributed by atoms with van der Waals surface area (Å²) >= 11 is 0. The SMILES string of the molecule is CCCc1c(OC)ccc2c(-c3ccc(CN(C)C)cc3)c(C(N)=O)c(=O)oc12. The number of amides is 1. The molecule has 29 heavy (non-hydrogen) atoms. The number of ether oxygens (including phenoxy) is 1. The van der Waals surface area contributed by atoms with Gasteiger partial charge in [0.05, 0.1) is 7.11 Å². The van der Waals surface area contributed by atoms with Crippen LogP contribution in [0, 0.1) is 0 Å². The maximum absolute atomic E-state index is 12.7. The van der Waals surface area contributed by atoms with E-state index in [1.165, 1.54) is 0 Å². The molecule has 0 aliphatic heterocycles. The molecule has 1 heterocycles. The second-order valence-corrected chi connectivity index (χ2v) is 7.31. The molecule has 0 radical (unpaired) electrons. The second kappa shape index (κ2) is 8.49. The van der Waals surface area contributed by atoms with Crippen molar-refractivity contribution in [3.05, 3.63) is 63.5 Å². The molecule has 6 nitrogen and oxygen atoms in total. The summed E-state index contributed by atoms with van der Waals surface area (Å²) in [6, 6.07) is 11.4. The second-order valence-electron chi connectivity index (χ2n) is 7.31. The normalized spacial score (nSPS) is 11.2. The first kappa shape index (κ1) is 20.6. The van der Waals surface area contributed by atoms with Crippen molar-refractivity contribution >= 4 is 16.9 Å². The number of aryl methyl sites for hydroxylation is 1. The van der Waals surface area contributed by atoms with Gasteiger partial charge >= 0.3 is 5.63 Å². The molecular formula is C23H26N2O4. The minimum atomic E-state index is -0.805. The average Bonchev–Trinajstić information content (AvgIpc) is 2.67. The first-order chi connectivity index (χ1) is 13.9. The highest BCUT2D eigenvalue weighted by atomic mass is 16.5. The average molecular weight is 394 g/mol. The number of fused-ring (bicyclic) bond motifs is 1. The fraction of sp³-hybridized carbons (Fsp3) is 0.304. The van der Waals surface area contributed by atoms with Crippen molar-refractivity contribution in [1.29, 1.82) is 0 Å². The van der Waals surface area contributed by atoms with Gasteiger partial charge in [-0.2, -0.15) is 0 Å². The molecule has 0 fully saturated rings. The third-order valence-electron chi connectivity index (χ3n) is 4.84. The van der Waals surface area contributed by atoms with Crippen molar-refractivity contribution in [1.82, 2.24) is 4.90 Å². The van der Waals surface area contributed by atoms with Crippen LogP contribution in [0.25, 0.3) is 22.1 Å². The van der Waals surface area contributed by atoms with Gasteiger partial charge in [-0.15, -0.1) is 0 Å². The predicted octanol–water partition coefficient (Wildman–Crippen LogP) is 3.58.